The minimum Gasteiger partial charge on any atom is -0.480 e. The standard InChI is InChI=1S/C11H11N3O2/c1-16-11-8(3-2-4-14-11)9(15)7-10-12-5-6-13-10/h2-6H,7H2,1H3,(H,12,13). The fourth-order valence-electron chi connectivity index (χ4n) is 1.41. The molecule has 2 aromatic heterocycles. The molecule has 82 valence electrons. The number of carbonyl (C=O) groups is 1. The van der Waals surface area contributed by atoms with Crippen molar-refractivity contribution in [3.05, 3.63) is 42.1 Å². The van der Waals surface area contributed by atoms with E-state index in [-0.39, 0.29) is 12.2 Å². The van der Waals surface area contributed by atoms with Crippen molar-refractivity contribution in [2.45, 2.75) is 6.42 Å². The van der Waals surface area contributed by atoms with Gasteiger partial charge in [0.1, 0.15) is 5.82 Å². The first-order valence-corrected chi connectivity index (χ1v) is 4.81. The Labute approximate surface area is 92.5 Å². The molecule has 2 rings (SSSR count). The number of imidazole rings is 1. The van der Waals surface area contributed by atoms with E-state index < -0.39 is 0 Å². The lowest BCUT2D eigenvalue weighted by atomic mass is 10.1. The molecular weight excluding hydrogens is 206 g/mol. The van der Waals surface area contributed by atoms with Gasteiger partial charge in [-0.3, -0.25) is 4.79 Å². The summed E-state index contributed by atoms with van der Waals surface area (Å²) in [4.78, 5) is 22.8. The van der Waals surface area contributed by atoms with Crippen molar-refractivity contribution in [2.24, 2.45) is 0 Å². The van der Waals surface area contributed by atoms with Crippen LogP contribution in [0.2, 0.25) is 0 Å². The van der Waals surface area contributed by atoms with E-state index in [0.29, 0.717) is 17.3 Å². The number of pyridine rings is 1. The predicted octanol–water partition coefficient (Wildman–Crippen LogP) is 1.24. The van der Waals surface area contributed by atoms with Crippen LogP contribution >= 0.6 is 0 Å². The molecule has 0 spiro atoms. The topological polar surface area (TPSA) is 67.9 Å². The number of hydrogen-bond donors (Lipinski definition) is 1. The molecule has 5 heteroatoms. The first kappa shape index (κ1) is 10.4. The number of hydrogen-bond acceptors (Lipinski definition) is 4. The molecule has 2 heterocycles. The van der Waals surface area contributed by atoms with Gasteiger partial charge in [-0.05, 0) is 12.1 Å². The van der Waals surface area contributed by atoms with Crippen LogP contribution in [0.25, 0.3) is 0 Å². The van der Waals surface area contributed by atoms with E-state index in [1.807, 2.05) is 0 Å². The fourth-order valence-corrected chi connectivity index (χ4v) is 1.41. The third-order valence-electron chi connectivity index (χ3n) is 2.15. The van der Waals surface area contributed by atoms with Crippen molar-refractivity contribution < 1.29 is 9.53 Å². The highest BCUT2D eigenvalue weighted by Crippen LogP contribution is 2.15. The third kappa shape index (κ3) is 2.08. The van der Waals surface area contributed by atoms with Crippen LogP contribution in [0.3, 0.4) is 0 Å². The molecule has 0 saturated carbocycles. The molecule has 5 nitrogen and oxygen atoms in total. The molecule has 0 unspecified atom stereocenters. The lowest BCUT2D eigenvalue weighted by Gasteiger charge is -2.04. The van der Waals surface area contributed by atoms with E-state index in [1.165, 1.54) is 7.11 Å². The first-order chi connectivity index (χ1) is 7.81. The number of methoxy groups -OCH3 is 1. The molecule has 0 atom stereocenters. The molecule has 16 heavy (non-hydrogen) atoms. The second-order valence-electron chi connectivity index (χ2n) is 3.20. The Morgan fingerprint density at radius 1 is 1.44 bits per heavy atom. The minimum atomic E-state index is -0.0695. The van der Waals surface area contributed by atoms with Crippen LogP contribution in [-0.2, 0) is 6.42 Å². The Morgan fingerprint density at radius 3 is 3.00 bits per heavy atom. The fraction of sp³-hybridized carbons (Fsp3) is 0.182. The smallest absolute Gasteiger partial charge is 0.224 e. The number of H-pyrrole nitrogens is 1. The number of nitrogens with one attached hydrogen (secondary N) is 1. The summed E-state index contributed by atoms with van der Waals surface area (Å²) in [6.45, 7) is 0. The molecule has 0 bridgehead atoms. The van der Waals surface area contributed by atoms with Gasteiger partial charge in [0.2, 0.25) is 5.88 Å². The molecule has 0 aliphatic heterocycles. The summed E-state index contributed by atoms with van der Waals surface area (Å²) in [7, 11) is 1.49. The van der Waals surface area contributed by atoms with Crippen molar-refractivity contribution >= 4 is 5.78 Å². The SMILES string of the molecule is COc1ncccc1C(=O)Cc1ncc[nH]1. The maximum atomic E-state index is 11.9. The van der Waals surface area contributed by atoms with Gasteiger partial charge in [-0.25, -0.2) is 9.97 Å². The van der Waals surface area contributed by atoms with Crippen molar-refractivity contribution in [1.82, 2.24) is 15.0 Å². The quantitative estimate of drug-likeness (QED) is 0.782. The summed E-state index contributed by atoms with van der Waals surface area (Å²) in [6.07, 6.45) is 5.10. The predicted molar refractivity (Wildman–Crippen MR) is 57.4 cm³/mol. The average Bonchev–Trinajstić information content (AvgIpc) is 2.81. The highest BCUT2D eigenvalue weighted by molar-refractivity contribution is 5.99. The van der Waals surface area contributed by atoms with Gasteiger partial charge in [0.05, 0.1) is 19.1 Å². The van der Waals surface area contributed by atoms with Crippen LogP contribution in [0, 0.1) is 0 Å². The van der Waals surface area contributed by atoms with Gasteiger partial charge in [0.15, 0.2) is 5.78 Å². The number of rotatable bonds is 4. The number of aromatic nitrogens is 3. The van der Waals surface area contributed by atoms with Crippen LogP contribution < -0.4 is 4.74 Å². The first-order valence-electron chi connectivity index (χ1n) is 4.81. The van der Waals surface area contributed by atoms with E-state index in [9.17, 15) is 4.79 Å². The largest absolute Gasteiger partial charge is 0.480 e. The van der Waals surface area contributed by atoms with Crippen molar-refractivity contribution in [2.75, 3.05) is 7.11 Å². The average molecular weight is 217 g/mol. The molecule has 0 aromatic carbocycles. The molecule has 0 aliphatic carbocycles. The lowest BCUT2D eigenvalue weighted by Crippen LogP contribution is -2.07. The minimum absolute atomic E-state index is 0.0695. The highest BCUT2D eigenvalue weighted by atomic mass is 16.5. The summed E-state index contributed by atoms with van der Waals surface area (Å²) < 4.78 is 5.02. The van der Waals surface area contributed by atoms with E-state index in [2.05, 4.69) is 15.0 Å². The number of aromatic amines is 1. The Balaban J connectivity index is 2.21. The van der Waals surface area contributed by atoms with Crippen LogP contribution in [0.1, 0.15) is 16.2 Å². The molecule has 0 saturated heterocycles. The van der Waals surface area contributed by atoms with Crippen molar-refractivity contribution in [3.8, 4) is 5.88 Å². The van der Waals surface area contributed by atoms with Gasteiger partial charge >= 0.3 is 0 Å². The summed E-state index contributed by atoms with van der Waals surface area (Å²) in [6, 6.07) is 3.40. The zero-order chi connectivity index (χ0) is 11.4. The van der Waals surface area contributed by atoms with E-state index in [0.717, 1.165) is 0 Å². The van der Waals surface area contributed by atoms with E-state index in [4.69, 9.17) is 4.74 Å². The number of nitrogens with zero attached hydrogens (tertiary/aromatic N) is 2. The summed E-state index contributed by atoms with van der Waals surface area (Å²) >= 11 is 0. The van der Waals surface area contributed by atoms with Crippen LogP contribution in [0.4, 0.5) is 0 Å². The zero-order valence-electron chi connectivity index (χ0n) is 8.80. The monoisotopic (exact) mass is 217 g/mol. The van der Waals surface area contributed by atoms with Gasteiger partial charge in [-0.2, -0.15) is 0 Å². The van der Waals surface area contributed by atoms with Crippen LogP contribution in [0.15, 0.2) is 30.7 Å². The number of carbonyl (C=O) groups excluding carboxylic acids is 1. The molecule has 2 aromatic rings. The highest BCUT2D eigenvalue weighted by Gasteiger charge is 2.14. The summed E-state index contributed by atoms with van der Waals surface area (Å²) in [5.74, 6) is 0.912. The van der Waals surface area contributed by atoms with Crippen LogP contribution in [0.5, 0.6) is 5.88 Å². The maximum absolute atomic E-state index is 11.9. The number of ether oxygens (including phenoxy) is 1. The normalized spacial score (nSPS) is 10.1. The molecule has 0 fully saturated rings. The zero-order valence-corrected chi connectivity index (χ0v) is 8.80. The molecular formula is C11H11N3O2. The molecule has 0 radical (unpaired) electrons. The maximum Gasteiger partial charge on any atom is 0.224 e. The summed E-state index contributed by atoms with van der Waals surface area (Å²) in [5, 5.41) is 0. The number of Topliss-reactive ketones (excluding diaryl/α,β-unsaturated/α-hetero) is 1. The number of ketones is 1. The third-order valence-corrected chi connectivity index (χ3v) is 2.15. The Bertz CT molecular complexity index is 480. The molecule has 0 aliphatic rings. The lowest BCUT2D eigenvalue weighted by molar-refractivity contribution is 0.0987. The van der Waals surface area contributed by atoms with Crippen molar-refractivity contribution in [1.29, 1.82) is 0 Å². The van der Waals surface area contributed by atoms with Gasteiger partial charge < -0.3 is 9.72 Å². The van der Waals surface area contributed by atoms with Gasteiger partial charge in [-0.1, -0.05) is 0 Å². The Hall–Kier alpha value is -2.17. The van der Waals surface area contributed by atoms with E-state index >= 15 is 0 Å². The Morgan fingerprint density at radius 2 is 2.31 bits per heavy atom. The van der Waals surface area contributed by atoms with E-state index in [1.54, 1.807) is 30.7 Å². The van der Waals surface area contributed by atoms with Gasteiger partial charge in [0.25, 0.3) is 0 Å². The molecule has 0 amide bonds. The second kappa shape index (κ2) is 4.57. The van der Waals surface area contributed by atoms with Crippen LogP contribution in [-0.4, -0.2) is 27.8 Å². The Kier molecular flexibility index (Phi) is 2.95. The van der Waals surface area contributed by atoms with Gasteiger partial charge in [-0.15, -0.1) is 0 Å². The molecule has 1 N–H and O–H groups in total. The van der Waals surface area contributed by atoms with Gasteiger partial charge in [0, 0.05) is 18.6 Å². The second-order valence-corrected chi connectivity index (χ2v) is 3.20. The van der Waals surface area contributed by atoms with Crippen molar-refractivity contribution in [3.63, 3.8) is 0 Å². The summed E-state index contributed by atoms with van der Waals surface area (Å²) in [5.41, 5.74) is 0.474.